The van der Waals surface area contributed by atoms with Crippen LogP contribution in [0.4, 0.5) is 10.5 Å². The average Bonchev–Trinajstić information content (AvgIpc) is 3.30. The Morgan fingerprint density at radius 1 is 1.10 bits per heavy atom. The van der Waals surface area contributed by atoms with Crippen molar-refractivity contribution in [2.75, 3.05) is 38.0 Å². The molecule has 0 spiro atoms. The van der Waals surface area contributed by atoms with E-state index in [9.17, 15) is 14.4 Å². The van der Waals surface area contributed by atoms with E-state index in [1.165, 1.54) is 0 Å². The number of nitrogens with zero attached hydrogens (tertiary/aromatic N) is 3. The van der Waals surface area contributed by atoms with Crippen LogP contribution in [-0.4, -0.2) is 65.3 Å². The van der Waals surface area contributed by atoms with Gasteiger partial charge in [0.15, 0.2) is 0 Å². The number of rotatable bonds is 4. The number of hydrogen-bond donors (Lipinski definition) is 1. The topological polar surface area (TPSA) is 86.1 Å². The van der Waals surface area contributed by atoms with Crippen LogP contribution in [0.1, 0.15) is 18.6 Å². The molecule has 2 fully saturated rings. The van der Waals surface area contributed by atoms with E-state index in [-0.39, 0.29) is 30.2 Å². The van der Waals surface area contributed by atoms with Crippen LogP contribution in [0.25, 0.3) is 0 Å². The van der Waals surface area contributed by atoms with Crippen molar-refractivity contribution in [3.8, 4) is 0 Å². The van der Waals surface area contributed by atoms with Gasteiger partial charge in [0.2, 0.25) is 11.8 Å². The molecule has 0 aliphatic carbocycles. The van der Waals surface area contributed by atoms with Gasteiger partial charge in [0.25, 0.3) is 0 Å². The largest absolute Gasteiger partial charge is 0.467 e. The van der Waals surface area contributed by atoms with E-state index in [2.05, 4.69) is 5.32 Å². The lowest BCUT2D eigenvalue weighted by atomic mass is 10.1. The molecule has 3 heterocycles. The molecule has 164 valence electrons. The van der Waals surface area contributed by atoms with E-state index >= 15 is 0 Å². The highest BCUT2D eigenvalue weighted by Crippen LogP contribution is 2.23. The number of nitrogens with one attached hydrogen (secondary N) is 1. The number of anilines is 1. The molecular formula is C22H25ClN4O4. The fourth-order valence-electron chi connectivity index (χ4n) is 4.05. The van der Waals surface area contributed by atoms with Crippen LogP contribution in [0.3, 0.4) is 0 Å². The zero-order valence-electron chi connectivity index (χ0n) is 17.1. The smallest absolute Gasteiger partial charge is 0.321 e. The first-order valence-electron chi connectivity index (χ1n) is 10.4. The Hall–Kier alpha value is -3.00. The number of carbonyl (C=O) groups is 3. The third-order valence-electron chi connectivity index (χ3n) is 5.66. The Labute approximate surface area is 185 Å². The monoisotopic (exact) mass is 444 g/mol. The fourth-order valence-corrected chi connectivity index (χ4v) is 4.24. The minimum absolute atomic E-state index is 0.0209. The number of likely N-dealkylation sites (tertiary alicyclic amines) is 1. The summed E-state index contributed by atoms with van der Waals surface area (Å²) in [5.41, 5.74) is 0.635. The van der Waals surface area contributed by atoms with Crippen LogP contribution in [0, 0.1) is 5.92 Å². The second kappa shape index (κ2) is 9.43. The van der Waals surface area contributed by atoms with E-state index in [0.29, 0.717) is 62.2 Å². The summed E-state index contributed by atoms with van der Waals surface area (Å²) in [6, 6.07) is 10.4. The summed E-state index contributed by atoms with van der Waals surface area (Å²) in [7, 11) is 0. The lowest BCUT2D eigenvalue weighted by Gasteiger charge is -2.24. The summed E-state index contributed by atoms with van der Waals surface area (Å²) in [5.74, 6) is 0.298. The van der Waals surface area contributed by atoms with Crippen molar-refractivity contribution >= 4 is 35.1 Å². The van der Waals surface area contributed by atoms with Crippen LogP contribution >= 0.6 is 11.6 Å². The van der Waals surface area contributed by atoms with Gasteiger partial charge in [-0.25, -0.2) is 4.79 Å². The summed E-state index contributed by atoms with van der Waals surface area (Å²) >= 11 is 5.97. The highest BCUT2D eigenvalue weighted by molar-refractivity contribution is 6.30. The third kappa shape index (κ3) is 5.19. The van der Waals surface area contributed by atoms with Gasteiger partial charge in [-0.2, -0.15) is 0 Å². The van der Waals surface area contributed by atoms with Crippen molar-refractivity contribution in [1.82, 2.24) is 14.7 Å². The molecule has 8 nitrogen and oxygen atoms in total. The molecule has 2 saturated heterocycles. The first kappa shape index (κ1) is 21.2. The van der Waals surface area contributed by atoms with Gasteiger partial charge in [-0.3, -0.25) is 9.59 Å². The Kier molecular flexibility index (Phi) is 6.46. The zero-order chi connectivity index (χ0) is 21.8. The number of hydrogen-bond acceptors (Lipinski definition) is 4. The number of benzene rings is 1. The van der Waals surface area contributed by atoms with Gasteiger partial charge in [-0.05, 0) is 36.8 Å². The van der Waals surface area contributed by atoms with Gasteiger partial charge in [0, 0.05) is 49.9 Å². The Morgan fingerprint density at radius 3 is 2.68 bits per heavy atom. The maximum atomic E-state index is 13.0. The van der Waals surface area contributed by atoms with Gasteiger partial charge in [-0.1, -0.05) is 17.7 Å². The van der Waals surface area contributed by atoms with Gasteiger partial charge < -0.3 is 24.4 Å². The molecular weight excluding hydrogens is 420 g/mol. The predicted molar refractivity (Wildman–Crippen MR) is 115 cm³/mol. The molecule has 1 aromatic carbocycles. The molecule has 0 radical (unpaired) electrons. The molecule has 9 heteroatoms. The molecule has 1 N–H and O–H groups in total. The van der Waals surface area contributed by atoms with Crippen LogP contribution in [0.5, 0.6) is 0 Å². The number of urea groups is 1. The van der Waals surface area contributed by atoms with Gasteiger partial charge in [-0.15, -0.1) is 0 Å². The van der Waals surface area contributed by atoms with Crippen molar-refractivity contribution in [2.45, 2.75) is 19.4 Å². The van der Waals surface area contributed by atoms with E-state index in [0.717, 1.165) is 0 Å². The Bertz CT molecular complexity index is 949. The van der Waals surface area contributed by atoms with Crippen LogP contribution < -0.4 is 5.32 Å². The maximum Gasteiger partial charge on any atom is 0.321 e. The normalized spacial score (nSPS) is 19.5. The minimum atomic E-state index is -0.353. The molecule has 0 saturated carbocycles. The molecule has 2 aliphatic heterocycles. The first-order chi connectivity index (χ1) is 15.0. The molecule has 0 bridgehead atoms. The second-order valence-electron chi connectivity index (χ2n) is 7.86. The van der Waals surface area contributed by atoms with E-state index in [1.807, 2.05) is 6.07 Å². The van der Waals surface area contributed by atoms with Crippen molar-refractivity contribution in [3.63, 3.8) is 0 Å². The Balaban J connectivity index is 1.30. The molecule has 4 amide bonds. The number of furan rings is 1. The van der Waals surface area contributed by atoms with Gasteiger partial charge >= 0.3 is 6.03 Å². The first-order valence-corrected chi connectivity index (χ1v) is 10.8. The van der Waals surface area contributed by atoms with Gasteiger partial charge in [0.05, 0.1) is 18.7 Å². The average molecular weight is 445 g/mol. The lowest BCUT2D eigenvalue weighted by molar-refractivity contribution is -0.135. The molecule has 4 rings (SSSR count). The van der Waals surface area contributed by atoms with Crippen molar-refractivity contribution in [2.24, 2.45) is 5.92 Å². The molecule has 1 unspecified atom stereocenters. The third-order valence-corrected chi connectivity index (χ3v) is 5.90. The van der Waals surface area contributed by atoms with Crippen LogP contribution in [0.15, 0.2) is 47.1 Å². The quantitative estimate of drug-likeness (QED) is 0.785. The minimum Gasteiger partial charge on any atom is -0.467 e. The SMILES string of the molecule is O=C1CC(C(=O)N2CCCN(C(=O)Nc3cccc(Cl)c3)CC2)CN1Cc1ccco1. The molecule has 31 heavy (non-hydrogen) atoms. The Morgan fingerprint density at radius 2 is 1.90 bits per heavy atom. The van der Waals surface area contributed by atoms with E-state index < -0.39 is 0 Å². The summed E-state index contributed by atoms with van der Waals surface area (Å²) in [5, 5.41) is 3.40. The summed E-state index contributed by atoms with van der Waals surface area (Å²) in [4.78, 5) is 43.2. The molecule has 1 atom stereocenters. The van der Waals surface area contributed by atoms with Crippen molar-refractivity contribution < 1.29 is 18.8 Å². The van der Waals surface area contributed by atoms with Gasteiger partial charge in [0.1, 0.15) is 5.76 Å². The summed E-state index contributed by atoms with van der Waals surface area (Å²) < 4.78 is 5.32. The molecule has 2 aromatic rings. The summed E-state index contributed by atoms with van der Waals surface area (Å²) in [6.45, 7) is 2.80. The number of amides is 4. The second-order valence-corrected chi connectivity index (χ2v) is 8.30. The zero-order valence-corrected chi connectivity index (χ0v) is 17.9. The molecule has 2 aliphatic rings. The molecule has 1 aromatic heterocycles. The lowest BCUT2D eigenvalue weighted by Crippen LogP contribution is -2.41. The van der Waals surface area contributed by atoms with E-state index in [1.54, 1.807) is 51.3 Å². The maximum absolute atomic E-state index is 13.0. The highest BCUT2D eigenvalue weighted by Gasteiger charge is 2.37. The predicted octanol–water partition coefficient (Wildman–Crippen LogP) is 3.05. The van der Waals surface area contributed by atoms with Crippen LogP contribution in [0.2, 0.25) is 5.02 Å². The highest BCUT2D eigenvalue weighted by atomic mass is 35.5. The van der Waals surface area contributed by atoms with Crippen molar-refractivity contribution in [1.29, 1.82) is 0 Å². The number of halogens is 1. The standard InChI is InChI=1S/C22H25ClN4O4/c23-17-4-1-5-18(13-17)24-22(30)26-8-3-7-25(9-10-26)21(29)16-12-20(28)27(14-16)15-19-6-2-11-31-19/h1-2,4-6,11,13,16H,3,7-10,12,14-15H2,(H,24,30). The van der Waals surface area contributed by atoms with Crippen LogP contribution in [-0.2, 0) is 16.1 Å². The number of carbonyl (C=O) groups excluding carboxylic acids is 3. The fraction of sp³-hybridized carbons (Fsp3) is 0.409. The van der Waals surface area contributed by atoms with E-state index in [4.69, 9.17) is 16.0 Å². The summed E-state index contributed by atoms with van der Waals surface area (Å²) in [6.07, 6.45) is 2.48. The van der Waals surface area contributed by atoms with Crippen molar-refractivity contribution in [3.05, 3.63) is 53.4 Å².